The second kappa shape index (κ2) is 15.1. The van der Waals surface area contributed by atoms with Crippen molar-refractivity contribution in [2.45, 2.75) is 0 Å². The molecular weight excluding hydrogens is 781 g/mol. The first-order valence-electron chi connectivity index (χ1n) is 35.7. The van der Waals surface area contributed by atoms with Gasteiger partial charge in [0.25, 0.3) is 0 Å². The van der Waals surface area contributed by atoms with E-state index in [0.29, 0.717) is 4.57 Å². The van der Waals surface area contributed by atoms with Crippen molar-refractivity contribution in [3.63, 3.8) is 0 Å². The van der Waals surface area contributed by atoms with Crippen LogP contribution < -0.4 is 20.7 Å². The minimum absolute atomic E-state index is 0.0784. The van der Waals surface area contributed by atoms with Crippen LogP contribution >= 0.6 is 0 Å². The molecule has 0 saturated carbocycles. The molecule has 0 aliphatic carbocycles. The van der Waals surface area contributed by atoms with E-state index in [9.17, 15) is 31.5 Å². The summed E-state index contributed by atoms with van der Waals surface area (Å²) in [6.07, 6.45) is 0. The molecule has 12 aromatic rings. The summed E-state index contributed by atoms with van der Waals surface area (Å²) in [6, 6.07) is -30.0. The summed E-state index contributed by atoms with van der Waals surface area (Å²) >= 11 is 0. The number of hydrogen-bond donors (Lipinski definition) is 0. The van der Waals surface area contributed by atoms with E-state index in [4.69, 9.17) is 25.0 Å². The van der Waals surface area contributed by atoms with Crippen molar-refractivity contribution >= 4 is 72.4 Å². The Kier molecular flexibility index (Phi) is 3.83. The van der Waals surface area contributed by atoms with Crippen LogP contribution in [0.5, 0.6) is 0 Å². The number of para-hydroxylation sites is 4. The molecule has 12 rings (SSSR count). The molecule has 0 amide bonds. The van der Waals surface area contributed by atoms with E-state index in [0.717, 1.165) is 10.6 Å². The zero-order valence-corrected chi connectivity index (χ0v) is 32.8. The standard InChI is InChI=1S/C58H40N4Si/c1-5-21-41(22-6-1)51-40-52(60-58(59-51)62-55-35-19-15-31-48(55)49-32-16-20-36-56(49)62)50-39-45(37-38-57(50)61-53-33-17-13-29-46(53)47-30-14-18-34-54(47)61)63(42-23-7-2-8-24-42,43-25-9-3-10-26-43)44-27-11-4-12-28-44/h1-40H/i2D,3D,4D,7D,8D,9D,10D,11D,12D,13D,14D,15D,16D,17D,18D,19D,20D,23D,24D,25D,26D,27D,28D,29D,30D,31D,32D,33D,34D,35D,36D,37D,38D,39D. The lowest BCUT2D eigenvalue weighted by Crippen LogP contribution is -2.74. The van der Waals surface area contributed by atoms with E-state index < -0.39 is 301 Å². The Bertz CT molecular complexity index is 5240. The van der Waals surface area contributed by atoms with Crippen molar-refractivity contribution in [2.75, 3.05) is 0 Å². The Morgan fingerprint density at radius 1 is 0.381 bits per heavy atom. The lowest BCUT2D eigenvalue weighted by Gasteiger charge is -2.35. The van der Waals surface area contributed by atoms with Gasteiger partial charge in [-0.05, 0) is 57.0 Å². The smallest absolute Gasteiger partial charge is 0.235 e. The van der Waals surface area contributed by atoms with Crippen molar-refractivity contribution in [1.82, 2.24) is 19.1 Å². The van der Waals surface area contributed by atoms with E-state index in [2.05, 4.69) is 0 Å². The molecule has 5 heteroatoms. The molecule has 0 aliphatic heterocycles. The summed E-state index contributed by atoms with van der Waals surface area (Å²) in [5.41, 5.74) is -5.99. The lowest BCUT2D eigenvalue weighted by molar-refractivity contribution is 0.994. The molecule has 0 saturated heterocycles. The van der Waals surface area contributed by atoms with Crippen molar-refractivity contribution < 1.29 is 46.6 Å². The lowest BCUT2D eigenvalue weighted by atomic mass is 10.1. The van der Waals surface area contributed by atoms with E-state index in [1.54, 1.807) is 6.07 Å². The monoisotopic (exact) mass is 855 g/mol. The van der Waals surface area contributed by atoms with Gasteiger partial charge in [0.05, 0.1) is 85.7 Å². The molecule has 0 fully saturated rings. The summed E-state index contributed by atoms with van der Waals surface area (Å²) < 4.78 is 321. The van der Waals surface area contributed by atoms with Crippen molar-refractivity contribution in [3.05, 3.63) is 242 Å². The molecule has 63 heavy (non-hydrogen) atoms. The van der Waals surface area contributed by atoms with E-state index in [-0.39, 0.29) is 11.3 Å². The van der Waals surface area contributed by atoms with Gasteiger partial charge in [0.1, 0.15) is 0 Å². The molecule has 3 heterocycles. The molecule has 0 atom stereocenters. The van der Waals surface area contributed by atoms with Crippen LogP contribution in [0.2, 0.25) is 0 Å². The molecule has 9 aromatic carbocycles. The molecule has 0 spiro atoms. The van der Waals surface area contributed by atoms with Crippen molar-refractivity contribution in [3.8, 4) is 34.2 Å². The zero-order valence-electron chi connectivity index (χ0n) is 65.8. The van der Waals surface area contributed by atoms with E-state index in [1.165, 1.54) is 24.3 Å². The fourth-order valence-corrected chi connectivity index (χ4v) is 11.2. The van der Waals surface area contributed by atoms with Crippen molar-refractivity contribution in [1.29, 1.82) is 0 Å². The minimum Gasteiger partial charge on any atom is -0.309 e. The second-order valence-electron chi connectivity index (χ2n) is 13.6. The van der Waals surface area contributed by atoms with Crippen LogP contribution in [0.15, 0.2) is 242 Å². The zero-order chi connectivity index (χ0) is 71.3. The summed E-state index contributed by atoms with van der Waals surface area (Å²) in [7, 11) is -6.72. The van der Waals surface area contributed by atoms with Gasteiger partial charge < -0.3 is 4.57 Å². The highest BCUT2D eigenvalue weighted by atomic mass is 28.3. The molecule has 3 aromatic heterocycles. The summed E-state index contributed by atoms with van der Waals surface area (Å²) in [5.74, 6) is -0.837. The topological polar surface area (TPSA) is 35.6 Å². The van der Waals surface area contributed by atoms with Crippen LogP contribution in [0.25, 0.3) is 77.8 Å². The molecule has 0 unspecified atom stereocenters. The minimum atomic E-state index is -6.72. The van der Waals surface area contributed by atoms with Gasteiger partial charge in [-0.15, -0.1) is 0 Å². The van der Waals surface area contributed by atoms with Crippen LogP contribution in [-0.4, -0.2) is 27.2 Å². The maximum Gasteiger partial charge on any atom is 0.235 e. The number of aromatic nitrogens is 4. The quantitative estimate of drug-likeness (QED) is 0.113. The van der Waals surface area contributed by atoms with E-state index in [1.807, 2.05) is 0 Å². The normalized spacial score (nSPS) is 19.4. The van der Waals surface area contributed by atoms with Gasteiger partial charge in [-0.3, -0.25) is 4.57 Å². The molecule has 0 radical (unpaired) electrons. The van der Waals surface area contributed by atoms with Crippen LogP contribution in [0.3, 0.4) is 0 Å². The summed E-state index contributed by atoms with van der Waals surface area (Å²) in [5, 5.41) is -7.36. The first-order chi connectivity index (χ1) is 45.4. The predicted octanol–water partition coefficient (Wildman–Crippen LogP) is 11.4. The molecule has 0 N–H and O–H groups in total. The third-order valence-electron chi connectivity index (χ3n) is 10.3. The van der Waals surface area contributed by atoms with Gasteiger partial charge in [0.2, 0.25) is 5.95 Å². The van der Waals surface area contributed by atoms with Gasteiger partial charge in [0.15, 0.2) is 8.07 Å². The highest BCUT2D eigenvalue weighted by Gasteiger charge is 2.42. The highest BCUT2D eigenvalue weighted by Crippen LogP contribution is 2.38. The van der Waals surface area contributed by atoms with Crippen molar-refractivity contribution in [2.24, 2.45) is 0 Å². The first kappa shape index (κ1) is 16.0. The maximum absolute atomic E-state index is 11.2. The SMILES string of the molecule is [2H]c1c([2H])c([2H])c([Si](c2c([2H])c([2H])c([2H])c([2H])c2[2H])(c2c([2H])c([2H])c([2H])c([2H])c2[2H])c2c([2H])c([2H])c(-n3c4c([2H])c([2H])c([2H])c([2H])c4c4c([2H])c([2H])c([2H])c([2H])c43)c(-c3cc(-c4ccccc4)nc(-n4c5c([2H])c([2H])c([2H])c([2H])c5c5c([2H])c([2H])c([2H])c([2H])c54)n3)c2[2H])c([2H])c1[2H]. The Morgan fingerprint density at radius 3 is 1.27 bits per heavy atom. The molecule has 296 valence electrons. The Balaban J connectivity index is 1.48. The average Bonchev–Trinajstić information content (AvgIpc) is 1.68. The molecule has 0 aliphatic rings. The van der Waals surface area contributed by atoms with Gasteiger partial charge in [0, 0.05) is 32.7 Å². The number of nitrogens with zero attached hydrogens (tertiary/aromatic N) is 4. The Labute approximate surface area is 414 Å². The van der Waals surface area contributed by atoms with Crippen LogP contribution in [0.1, 0.15) is 46.6 Å². The van der Waals surface area contributed by atoms with E-state index >= 15 is 0 Å². The first-order valence-corrected chi connectivity index (χ1v) is 20.7. The number of hydrogen-bond acceptors (Lipinski definition) is 2. The Morgan fingerprint density at radius 2 is 0.794 bits per heavy atom. The second-order valence-corrected chi connectivity index (χ2v) is 17.1. The summed E-state index contributed by atoms with van der Waals surface area (Å²) in [4.78, 5) is 9.71. The predicted molar refractivity (Wildman–Crippen MR) is 265 cm³/mol. The van der Waals surface area contributed by atoms with Gasteiger partial charge in [-0.25, -0.2) is 9.97 Å². The van der Waals surface area contributed by atoms with Gasteiger partial charge in [-0.2, -0.15) is 0 Å². The average molecular weight is 855 g/mol. The van der Waals surface area contributed by atoms with Crippen LogP contribution in [0.4, 0.5) is 0 Å². The number of fused-ring (bicyclic) bond motifs is 6. The van der Waals surface area contributed by atoms with Crippen LogP contribution in [-0.2, 0) is 0 Å². The molecule has 0 bridgehead atoms. The van der Waals surface area contributed by atoms with Gasteiger partial charge in [-0.1, -0.05) is 206 Å². The third kappa shape index (κ3) is 5.89. The fraction of sp³-hybridized carbons (Fsp3) is 0. The number of benzene rings is 9. The maximum atomic E-state index is 11.2. The Hall–Kier alpha value is -8.12. The largest absolute Gasteiger partial charge is 0.309 e. The molecule has 4 nitrogen and oxygen atoms in total. The fourth-order valence-electron chi connectivity index (χ4n) is 7.69. The third-order valence-corrected chi connectivity index (χ3v) is 14.3. The highest BCUT2D eigenvalue weighted by molar-refractivity contribution is 7.19. The summed E-state index contributed by atoms with van der Waals surface area (Å²) in [6.45, 7) is 0. The number of rotatable bonds is 8. The van der Waals surface area contributed by atoms with Crippen LogP contribution in [0, 0.1) is 0 Å². The molecular formula is C58H40N4Si. The van der Waals surface area contributed by atoms with Gasteiger partial charge >= 0.3 is 0 Å².